The summed E-state index contributed by atoms with van der Waals surface area (Å²) >= 11 is 5.43. The van der Waals surface area contributed by atoms with Crippen LogP contribution in [0.5, 0.6) is 5.75 Å². The van der Waals surface area contributed by atoms with Crippen molar-refractivity contribution < 1.29 is 18.3 Å². The summed E-state index contributed by atoms with van der Waals surface area (Å²) in [5, 5.41) is 0. The molecule has 88 valence electrons. The maximum absolute atomic E-state index is 12.5. The average molecular weight is 249 g/mol. The van der Waals surface area contributed by atoms with Gasteiger partial charge in [0.25, 0.3) is 6.43 Å². The number of halogens is 3. The zero-order valence-corrected chi connectivity index (χ0v) is 9.43. The van der Waals surface area contributed by atoms with Crippen molar-refractivity contribution in [1.82, 2.24) is 0 Å². The Morgan fingerprint density at radius 1 is 1.50 bits per heavy atom. The minimum Gasteiger partial charge on any atom is -0.496 e. The second-order valence-corrected chi connectivity index (χ2v) is 3.50. The van der Waals surface area contributed by atoms with E-state index in [1.165, 1.54) is 25.3 Å². The molecule has 0 unspecified atom stereocenters. The fourth-order valence-corrected chi connectivity index (χ4v) is 1.47. The van der Waals surface area contributed by atoms with Crippen LogP contribution in [0.3, 0.4) is 0 Å². The first-order valence-corrected chi connectivity index (χ1v) is 5.18. The monoisotopic (exact) mass is 248 g/mol. The van der Waals surface area contributed by atoms with Gasteiger partial charge >= 0.3 is 0 Å². The molecule has 1 rings (SSSR count). The SMILES string of the molecule is COc1cc(C(=O)CCCl)ccc1C(F)F. The Kier molecular flexibility index (Phi) is 4.68. The molecular formula is C11H11ClF2O2. The summed E-state index contributed by atoms with van der Waals surface area (Å²) in [6.07, 6.45) is -2.44. The Morgan fingerprint density at radius 2 is 2.19 bits per heavy atom. The predicted molar refractivity (Wildman–Crippen MR) is 57.6 cm³/mol. The minimum atomic E-state index is -2.62. The lowest BCUT2D eigenvalue weighted by molar-refractivity contribution is 0.0988. The molecule has 1 aromatic rings. The van der Waals surface area contributed by atoms with E-state index < -0.39 is 6.43 Å². The van der Waals surface area contributed by atoms with Crippen LogP contribution in [0.25, 0.3) is 0 Å². The van der Waals surface area contributed by atoms with Gasteiger partial charge in [-0.25, -0.2) is 8.78 Å². The number of methoxy groups -OCH3 is 1. The highest BCUT2D eigenvalue weighted by atomic mass is 35.5. The molecule has 0 heterocycles. The van der Waals surface area contributed by atoms with Gasteiger partial charge in [-0.1, -0.05) is 6.07 Å². The molecule has 16 heavy (non-hydrogen) atoms. The summed E-state index contributed by atoms with van der Waals surface area (Å²) in [5.74, 6) is 0.0436. The molecule has 5 heteroatoms. The number of rotatable bonds is 5. The van der Waals surface area contributed by atoms with Gasteiger partial charge in [-0.2, -0.15) is 0 Å². The van der Waals surface area contributed by atoms with Crippen LogP contribution in [0.2, 0.25) is 0 Å². The van der Waals surface area contributed by atoms with Gasteiger partial charge in [0.05, 0.1) is 12.7 Å². The van der Waals surface area contributed by atoms with Crippen LogP contribution in [-0.4, -0.2) is 18.8 Å². The van der Waals surface area contributed by atoms with Crippen molar-refractivity contribution in [3.63, 3.8) is 0 Å². The molecule has 0 aliphatic heterocycles. The van der Waals surface area contributed by atoms with Gasteiger partial charge in [0, 0.05) is 17.9 Å². The van der Waals surface area contributed by atoms with Crippen molar-refractivity contribution in [3.8, 4) is 5.75 Å². The number of carbonyl (C=O) groups excluding carboxylic acids is 1. The molecule has 0 aromatic heterocycles. The molecule has 1 aromatic carbocycles. The van der Waals surface area contributed by atoms with Gasteiger partial charge < -0.3 is 4.74 Å². The van der Waals surface area contributed by atoms with E-state index in [0.29, 0.717) is 5.56 Å². The van der Waals surface area contributed by atoms with Crippen LogP contribution in [0.15, 0.2) is 18.2 Å². The van der Waals surface area contributed by atoms with E-state index in [1.54, 1.807) is 0 Å². The molecule has 0 radical (unpaired) electrons. The van der Waals surface area contributed by atoms with Gasteiger partial charge in [0.15, 0.2) is 5.78 Å². The summed E-state index contributed by atoms with van der Waals surface area (Å²) < 4.78 is 29.8. The molecule has 0 atom stereocenters. The summed E-state index contributed by atoms with van der Waals surface area (Å²) in [7, 11) is 1.29. The maximum atomic E-state index is 12.5. The number of hydrogen-bond acceptors (Lipinski definition) is 2. The van der Waals surface area contributed by atoms with Gasteiger partial charge in [0.2, 0.25) is 0 Å². The smallest absolute Gasteiger partial charge is 0.267 e. The number of ether oxygens (including phenoxy) is 1. The zero-order chi connectivity index (χ0) is 12.1. The number of hydrogen-bond donors (Lipinski definition) is 0. The van der Waals surface area contributed by atoms with Crippen LogP contribution < -0.4 is 4.74 Å². The fraction of sp³-hybridized carbons (Fsp3) is 0.364. The molecular weight excluding hydrogens is 238 g/mol. The Labute approximate surface area is 97.2 Å². The lowest BCUT2D eigenvalue weighted by Crippen LogP contribution is -2.02. The maximum Gasteiger partial charge on any atom is 0.267 e. The number of alkyl halides is 3. The predicted octanol–water partition coefficient (Wildman–Crippen LogP) is 3.44. The van der Waals surface area contributed by atoms with Crippen LogP contribution in [0.4, 0.5) is 8.78 Å². The van der Waals surface area contributed by atoms with Crippen LogP contribution in [0, 0.1) is 0 Å². The molecule has 0 bridgehead atoms. The van der Waals surface area contributed by atoms with Gasteiger partial charge in [-0.15, -0.1) is 11.6 Å². The van der Waals surface area contributed by atoms with Crippen molar-refractivity contribution in [2.45, 2.75) is 12.8 Å². The molecule has 0 aliphatic rings. The third kappa shape index (κ3) is 2.92. The zero-order valence-electron chi connectivity index (χ0n) is 8.67. The lowest BCUT2D eigenvalue weighted by atomic mass is 10.1. The third-order valence-corrected chi connectivity index (χ3v) is 2.30. The quantitative estimate of drug-likeness (QED) is 0.589. The van der Waals surface area contributed by atoms with E-state index in [0.717, 1.165) is 0 Å². The molecule has 0 N–H and O–H groups in total. The highest BCUT2D eigenvalue weighted by molar-refractivity contribution is 6.19. The van der Waals surface area contributed by atoms with Crippen LogP contribution in [0.1, 0.15) is 28.8 Å². The first-order valence-electron chi connectivity index (χ1n) is 4.65. The summed E-state index contributed by atoms with van der Waals surface area (Å²) in [4.78, 5) is 11.5. The molecule has 0 fully saturated rings. The van der Waals surface area contributed by atoms with Crippen LogP contribution >= 0.6 is 11.6 Å². The van der Waals surface area contributed by atoms with E-state index in [4.69, 9.17) is 16.3 Å². The lowest BCUT2D eigenvalue weighted by Gasteiger charge is -2.09. The van der Waals surface area contributed by atoms with Crippen molar-refractivity contribution in [2.75, 3.05) is 13.0 Å². The molecule has 0 amide bonds. The Bertz CT molecular complexity index is 380. The van der Waals surface area contributed by atoms with Gasteiger partial charge in [0.1, 0.15) is 5.75 Å². The van der Waals surface area contributed by atoms with E-state index >= 15 is 0 Å². The van der Waals surface area contributed by atoms with E-state index in [-0.39, 0.29) is 29.4 Å². The second kappa shape index (κ2) is 5.80. The standard InChI is InChI=1S/C11H11ClF2O2/c1-16-10-6-7(9(15)4-5-12)2-3-8(10)11(13)14/h2-3,6,11H,4-5H2,1H3. The van der Waals surface area contributed by atoms with Gasteiger partial charge in [-0.05, 0) is 12.1 Å². The Balaban J connectivity index is 3.04. The topological polar surface area (TPSA) is 26.3 Å². The largest absolute Gasteiger partial charge is 0.496 e. The van der Waals surface area contributed by atoms with E-state index in [1.807, 2.05) is 0 Å². The highest BCUT2D eigenvalue weighted by Crippen LogP contribution is 2.29. The molecule has 2 nitrogen and oxygen atoms in total. The number of Topliss-reactive ketones (excluding diaryl/α,β-unsaturated/α-hetero) is 1. The Hall–Kier alpha value is -1.16. The summed E-state index contributed by atoms with van der Waals surface area (Å²) in [5.41, 5.74) is 0.117. The number of carbonyl (C=O) groups is 1. The van der Waals surface area contributed by atoms with Crippen molar-refractivity contribution >= 4 is 17.4 Å². The van der Waals surface area contributed by atoms with E-state index in [2.05, 4.69) is 0 Å². The van der Waals surface area contributed by atoms with Crippen molar-refractivity contribution in [2.24, 2.45) is 0 Å². The molecule has 0 spiro atoms. The number of ketones is 1. The van der Waals surface area contributed by atoms with Crippen molar-refractivity contribution in [3.05, 3.63) is 29.3 Å². The molecule has 0 aliphatic carbocycles. The Morgan fingerprint density at radius 3 is 2.69 bits per heavy atom. The normalized spacial score (nSPS) is 10.6. The second-order valence-electron chi connectivity index (χ2n) is 3.12. The minimum absolute atomic E-state index is 0.0235. The molecule has 0 saturated carbocycles. The van der Waals surface area contributed by atoms with E-state index in [9.17, 15) is 13.6 Å². The van der Waals surface area contributed by atoms with Crippen molar-refractivity contribution in [1.29, 1.82) is 0 Å². The van der Waals surface area contributed by atoms with Crippen LogP contribution in [-0.2, 0) is 0 Å². The summed E-state index contributed by atoms with van der Waals surface area (Å²) in [6.45, 7) is 0. The first kappa shape index (κ1) is 12.9. The first-order chi connectivity index (χ1) is 7.60. The highest BCUT2D eigenvalue weighted by Gasteiger charge is 2.16. The third-order valence-electron chi connectivity index (χ3n) is 2.11. The average Bonchev–Trinajstić information content (AvgIpc) is 2.28. The number of benzene rings is 1. The van der Waals surface area contributed by atoms with Gasteiger partial charge in [-0.3, -0.25) is 4.79 Å². The fourth-order valence-electron chi connectivity index (χ4n) is 1.30. The summed E-state index contributed by atoms with van der Waals surface area (Å²) in [6, 6.07) is 3.88. The molecule has 0 saturated heterocycles.